The molecule has 11 heteroatoms. The van der Waals surface area contributed by atoms with Crippen LogP contribution < -0.4 is 10.3 Å². The van der Waals surface area contributed by atoms with Crippen molar-refractivity contribution in [1.29, 1.82) is 0 Å². The molecule has 1 saturated heterocycles. The van der Waals surface area contributed by atoms with Crippen LogP contribution in [0.15, 0.2) is 27.9 Å². The van der Waals surface area contributed by atoms with Crippen LogP contribution in [0.3, 0.4) is 0 Å². The van der Waals surface area contributed by atoms with Crippen LogP contribution in [0.5, 0.6) is 5.75 Å². The molecular formula is C23H30N6O4S. The van der Waals surface area contributed by atoms with Crippen molar-refractivity contribution >= 4 is 29.1 Å². The number of aryl methyl sites for hydroxylation is 2. The summed E-state index contributed by atoms with van der Waals surface area (Å²) in [4.78, 5) is 40.4. The molecule has 1 aliphatic rings. The summed E-state index contributed by atoms with van der Waals surface area (Å²) >= 11 is 1.74. The van der Waals surface area contributed by atoms with E-state index in [0.29, 0.717) is 29.2 Å². The van der Waals surface area contributed by atoms with E-state index in [4.69, 9.17) is 19.3 Å². The lowest BCUT2D eigenvalue weighted by atomic mass is 10.1. The minimum absolute atomic E-state index is 0.183. The number of benzene rings is 1. The lowest BCUT2D eigenvalue weighted by Gasteiger charge is -2.31. The molecule has 0 bridgehead atoms. The molecule has 34 heavy (non-hydrogen) atoms. The number of nitrogens with zero attached hydrogens (tertiary/aromatic N) is 5. The minimum atomic E-state index is -0.183. The van der Waals surface area contributed by atoms with Crippen LogP contribution in [0.4, 0.5) is 0 Å². The lowest BCUT2D eigenvalue weighted by Crippen LogP contribution is -2.40. The predicted octanol–water partition coefficient (Wildman–Crippen LogP) is 2.35. The monoisotopic (exact) mass is 486 g/mol. The first-order valence-corrected chi connectivity index (χ1v) is 12.0. The molecule has 0 radical (unpaired) electrons. The maximum absolute atomic E-state index is 12.9. The Labute approximate surface area is 202 Å². The van der Waals surface area contributed by atoms with E-state index >= 15 is 0 Å². The van der Waals surface area contributed by atoms with Gasteiger partial charge in [0.2, 0.25) is 0 Å². The Morgan fingerprint density at radius 2 is 1.85 bits per heavy atom. The van der Waals surface area contributed by atoms with E-state index in [-0.39, 0.29) is 11.7 Å². The molecule has 4 rings (SSSR count). The molecule has 1 aliphatic heterocycles. The third-order valence-corrected chi connectivity index (χ3v) is 6.54. The molecule has 3 heterocycles. The van der Waals surface area contributed by atoms with Gasteiger partial charge in [-0.15, -0.1) is 0 Å². The van der Waals surface area contributed by atoms with Crippen LogP contribution in [-0.4, -0.2) is 74.9 Å². The van der Waals surface area contributed by atoms with Gasteiger partial charge < -0.3 is 14.6 Å². The largest absolute Gasteiger partial charge is 0.493 e. The van der Waals surface area contributed by atoms with Crippen molar-refractivity contribution in [2.45, 2.75) is 31.6 Å². The van der Waals surface area contributed by atoms with Crippen LogP contribution in [0.2, 0.25) is 0 Å². The fourth-order valence-electron chi connectivity index (χ4n) is 3.84. The molecule has 0 amide bonds. The van der Waals surface area contributed by atoms with Gasteiger partial charge in [0.15, 0.2) is 5.52 Å². The Hall–Kier alpha value is -2.98. The number of piperazine rings is 1. The van der Waals surface area contributed by atoms with Gasteiger partial charge in [-0.2, -0.15) is 14.7 Å². The van der Waals surface area contributed by atoms with Crippen molar-refractivity contribution in [2.24, 2.45) is 7.05 Å². The van der Waals surface area contributed by atoms with Crippen LogP contribution >= 0.6 is 11.9 Å². The lowest BCUT2D eigenvalue weighted by molar-refractivity contribution is -0.191. The van der Waals surface area contributed by atoms with E-state index in [1.165, 1.54) is 0 Å². The Kier molecular flexibility index (Phi) is 9.00. The zero-order chi connectivity index (χ0) is 24.7. The predicted molar refractivity (Wildman–Crippen MR) is 130 cm³/mol. The third kappa shape index (κ3) is 5.92. The summed E-state index contributed by atoms with van der Waals surface area (Å²) in [5.74, 6) is 1.24. The highest BCUT2D eigenvalue weighted by Gasteiger charge is 2.19. The molecule has 1 aromatic carbocycles. The summed E-state index contributed by atoms with van der Waals surface area (Å²) in [6.07, 6.45) is 1.97. The molecule has 182 valence electrons. The van der Waals surface area contributed by atoms with Gasteiger partial charge in [-0.3, -0.25) is 9.48 Å². The van der Waals surface area contributed by atoms with Crippen LogP contribution in [0, 0.1) is 0 Å². The zero-order valence-corrected chi connectivity index (χ0v) is 20.8. The smallest absolute Gasteiger partial charge is 0.373 e. The number of hydrogen-bond donors (Lipinski definition) is 1. The Morgan fingerprint density at radius 3 is 2.50 bits per heavy atom. The van der Waals surface area contributed by atoms with Crippen molar-refractivity contribution in [1.82, 2.24) is 29.0 Å². The van der Waals surface area contributed by atoms with Crippen molar-refractivity contribution in [3.8, 4) is 17.1 Å². The maximum Gasteiger partial charge on any atom is 0.373 e. The quantitative estimate of drug-likeness (QED) is 0.503. The fraction of sp³-hybridized carbons (Fsp3) is 0.478. The standard InChI is InChI=1S/C22H30N6O2S.CO2/c1-5-7-17-19-20(27(4)25-17)22(29)24-21(23-19)16-14-15(8-9-18(16)30-6-2)31-28-12-10-26(3)11-13-28;2-1-3/h8-9,14H,5-7,10-13H2,1-4H3,(H,23,24,29);. The summed E-state index contributed by atoms with van der Waals surface area (Å²) < 4.78 is 9.87. The summed E-state index contributed by atoms with van der Waals surface area (Å²) in [7, 11) is 3.94. The molecule has 0 aliphatic carbocycles. The van der Waals surface area contributed by atoms with E-state index in [1.807, 2.05) is 13.0 Å². The normalized spacial score (nSPS) is 14.5. The topological polar surface area (TPSA) is 113 Å². The zero-order valence-electron chi connectivity index (χ0n) is 20.0. The number of nitrogens with one attached hydrogen (secondary N) is 1. The molecule has 2 aromatic heterocycles. The number of hydrogen-bond acceptors (Lipinski definition) is 9. The van der Waals surface area contributed by atoms with E-state index in [2.05, 4.69) is 45.4 Å². The van der Waals surface area contributed by atoms with Crippen molar-refractivity contribution < 1.29 is 14.3 Å². The molecule has 0 saturated carbocycles. The van der Waals surface area contributed by atoms with Crippen LogP contribution in [0.1, 0.15) is 26.0 Å². The van der Waals surface area contributed by atoms with Gasteiger partial charge in [-0.25, -0.2) is 9.29 Å². The van der Waals surface area contributed by atoms with Crippen molar-refractivity contribution in [3.63, 3.8) is 0 Å². The molecule has 3 aromatic rings. The summed E-state index contributed by atoms with van der Waals surface area (Å²) in [6, 6.07) is 6.10. The van der Waals surface area contributed by atoms with E-state index in [0.717, 1.165) is 55.2 Å². The summed E-state index contributed by atoms with van der Waals surface area (Å²) in [6.45, 7) is 8.74. The first kappa shape index (κ1) is 25.6. The highest BCUT2D eigenvalue weighted by Crippen LogP contribution is 2.34. The second kappa shape index (κ2) is 11.9. The van der Waals surface area contributed by atoms with E-state index in [1.54, 1.807) is 23.7 Å². The van der Waals surface area contributed by atoms with Gasteiger partial charge in [-0.1, -0.05) is 13.3 Å². The molecule has 0 atom stereocenters. The Balaban J connectivity index is 0.00000103. The second-order valence-corrected chi connectivity index (χ2v) is 9.10. The average Bonchev–Trinajstić information content (AvgIpc) is 3.13. The number of aromatic nitrogens is 4. The van der Waals surface area contributed by atoms with Gasteiger partial charge >= 0.3 is 6.15 Å². The Morgan fingerprint density at radius 1 is 1.15 bits per heavy atom. The van der Waals surface area contributed by atoms with Gasteiger partial charge in [-0.05, 0) is 50.5 Å². The highest BCUT2D eigenvalue weighted by atomic mass is 32.2. The maximum atomic E-state index is 12.9. The Bertz CT molecular complexity index is 1210. The van der Waals surface area contributed by atoms with Gasteiger partial charge in [0.25, 0.3) is 5.56 Å². The molecule has 0 spiro atoms. The highest BCUT2D eigenvalue weighted by molar-refractivity contribution is 7.97. The van der Waals surface area contributed by atoms with E-state index in [9.17, 15) is 4.79 Å². The number of carbonyl (C=O) groups excluding carboxylic acids is 2. The molecule has 1 fully saturated rings. The SMILES string of the molecule is CCCc1nn(C)c2c(=O)[nH]c(-c3cc(SN4CCN(C)CC4)ccc3OCC)nc12.O=C=O. The summed E-state index contributed by atoms with van der Waals surface area (Å²) in [5, 5.41) is 4.52. The third-order valence-electron chi connectivity index (χ3n) is 5.45. The number of ether oxygens (including phenoxy) is 1. The first-order chi connectivity index (χ1) is 16.4. The number of H-pyrrole nitrogens is 1. The molecule has 1 N–H and O–H groups in total. The van der Waals surface area contributed by atoms with Crippen LogP contribution in [0.25, 0.3) is 22.4 Å². The molecule has 10 nitrogen and oxygen atoms in total. The fourth-order valence-corrected chi connectivity index (χ4v) is 4.78. The van der Waals surface area contributed by atoms with Gasteiger partial charge in [0.05, 0.1) is 17.9 Å². The van der Waals surface area contributed by atoms with Crippen LogP contribution in [-0.2, 0) is 23.1 Å². The molecule has 0 unspecified atom stereocenters. The van der Waals surface area contributed by atoms with Crippen molar-refractivity contribution in [2.75, 3.05) is 39.8 Å². The second-order valence-electron chi connectivity index (χ2n) is 7.93. The number of fused-ring (bicyclic) bond motifs is 1. The minimum Gasteiger partial charge on any atom is -0.493 e. The van der Waals surface area contributed by atoms with Crippen molar-refractivity contribution in [3.05, 3.63) is 34.2 Å². The first-order valence-electron chi connectivity index (χ1n) is 11.3. The number of likely N-dealkylation sites (N-methyl/N-ethyl adjacent to an activating group) is 1. The summed E-state index contributed by atoms with van der Waals surface area (Å²) in [5.41, 5.74) is 2.65. The number of rotatable bonds is 7. The van der Waals surface area contributed by atoms with E-state index < -0.39 is 0 Å². The number of aromatic amines is 1. The average molecular weight is 487 g/mol. The van der Waals surface area contributed by atoms with Gasteiger partial charge in [0, 0.05) is 38.1 Å². The van der Waals surface area contributed by atoms with Gasteiger partial charge in [0.1, 0.15) is 17.1 Å². The molecular weight excluding hydrogens is 456 g/mol.